The number of hydrogen-bond donors (Lipinski definition) is 0. The van der Waals surface area contributed by atoms with Crippen molar-refractivity contribution in [2.24, 2.45) is 0 Å². The summed E-state index contributed by atoms with van der Waals surface area (Å²) in [5.41, 5.74) is 0. The molecule has 16 heavy (non-hydrogen) atoms. The summed E-state index contributed by atoms with van der Waals surface area (Å²) >= 11 is 4.05. The highest BCUT2D eigenvalue weighted by Gasteiger charge is 2.16. The van der Waals surface area contributed by atoms with Crippen molar-refractivity contribution in [1.29, 1.82) is 0 Å². The van der Waals surface area contributed by atoms with Crippen molar-refractivity contribution >= 4 is 27.9 Å². The quantitative estimate of drug-likeness (QED) is 0.522. The number of hydrogen-bond acceptors (Lipinski definition) is 6. The largest absolute Gasteiger partial charge is 0.269 e. The molecule has 0 spiro atoms. The van der Waals surface area contributed by atoms with Gasteiger partial charge in [-0.3, -0.25) is 0 Å². The van der Waals surface area contributed by atoms with Gasteiger partial charge in [-0.05, 0) is 20.3 Å². The van der Waals surface area contributed by atoms with Gasteiger partial charge in [0.05, 0.1) is 0 Å². The molecule has 5 nitrogen and oxygen atoms in total. The Balaban J connectivity index is 0.000000385. The fourth-order valence-electron chi connectivity index (χ4n) is 1.08. The van der Waals surface area contributed by atoms with Crippen LogP contribution < -0.4 is 18.6 Å². The zero-order chi connectivity index (χ0) is 12.6. The first-order valence-electron chi connectivity index (χ1n) is 4.87. The summed E-state index contributed by atoms with van der Waals surface area (Å²) in [5, 5.41) is 0. The highest BCUT2D eigenvalue weighted by molar-refractivity contribution is 8.39. The Labute approximate surface area is 106 Å². The molecule has 0 N–H and O–H groups in total. The van der Waals surface area contributed by atoms with Gasteiger partial charge in [0.15, 0.2) is 0 Å². The van der Waals surface area contributed by atoms with Crippen LogP contribution in [0.15, 0.2) is 0 Å². The molecule has 0 bridgehead atoms. The van der Waals surface area contributed by atoms with E-state index in [9.17, 15) is 0 Å². The van der Waals surface area contributed by atoms with E-state index in [1.165, 1.54) is 17.9 Å². The van der Waals surface area contributed by atoms with Gasteiger partial charge in [-0.2, -0.15) is 0 Å². The lowest BCUT2D eigenvalue weighted by molar-refractivity contribution is -2.00. The van der Waals surface area contributed by atoms with Crippen LogP contribution in [0.5, 0.6) is 0 Å². The van der Waals surface area contributed by atoms with Gasteiger partial charge in [-0.1, -0.05) is 23.5 Å². The summed E-state index contributed by atoms with van der Waals surface area (Å²) in [7, 11) is -4.94. The molecule has 0 saturated carbocycles. The van der Waals surface area contributed by atoms with Gasteiger partial charge in [0.25, 0.3) is 4.38 Å². The second-order valence-electron chi connectivity index (χ2n) is 2.87. The van der Waals surface area contributed by atoms with Gasteiger partial charge >= 0.3 is 0 Å². The monoisotopic (exact) mass is 289 g/mol. The van der Waals surface area contributed by atoms with Crippen LogP contribution in [0.2, 0.25) is 0 Å². The summed E-state index contributed by atoms with van der Waals surface area (Å²) in [6.45, 7) is 6.77. The number of nitrogens with zero attached hydrogens (tertiary/aromatic N) is 1. The lowest BCUT2D eigenvalue weighted by Crippen LogP contribution is -2.68. The van der Waals surface area contributed by atoms with Crippen LogP contribution in [0.3, 0.4) is 0 Å². The lowest BCUT2D eigenvalue weighted by Gasteiger charge is -2.17. The Hall–Kier alpha value is 0.500. The predicted octanol–water partition coefficient (Wildman–Crippen LogP) is -2.49. The van der Waals surface area contributed by atoms with Gasteiger partial charge in [0.1, 0.15) is 13.1 Å². The average Bonchev–Trinajstić information content (AvgIpc) is 2.19. The molecule has 0 aromatic heterocycles. The second-order valence-corrected chi connectivity index (χ2v) is 6.05. The highest BCUT2D eigenvalue weighted by atomic mass is 35.7. The topological polar surface area (TPSA) is 95.2 Å². The van der Waals surface area contributed by atoms with Gasteiger partial charge < -0.3 is 0 Å². The SMILES string of the molecule is CC[N+](CC)=C1SCCCS1.[O-][Cl+3]([O-])([O-])[O-]. The van der Waals surface area contributed by atoms with E-state index >= 15 is 0 Å². The molecule has 0 aliphatic carbocycles. The molecule has 1 saturated heterocycles. The third-order valence-electron chi connectivity index (χ3n) is 1.76. The summed E-state index contributed by atoms with van der Waals surface area (Å²) < 4.78 is 38.0. The zero-order valence-corrected chi connectivity index (χ0v) is 11.7. The van der Waals surface area contributed by atoms with E-state index in [0.717, 1.165) is 13.1 Å². The van der Waals surface area contributed by atoms with Crippen LogP contribution in [0, 0.1) is 10.2 Å². The minimum absolute atomic E-state index is 1.16. The minimum atomic E-state index is -4.94. The first-order chi connectivity index (χ1) is 7.38. The first-order valence-corrected chi connectivity index (χ1v) is 8.08. The van der Waals surface area contributed by atoms with Crippen molar-refractivity contribution in [3.63, 3.8) is 0 Å². The Kier molecular flexibility index (Phi) is 8.84. The maximum absolute atomic E-state index is 8.49. The van der Waals surface area contributed by atoms with Crippen LogP contribution in [0.25, 0.3) is 0 Å². The normalized spacial score (nSPS) is 16.5. The molecular weight excluding hydrogens is 274 g/mol. The van der Waals surface area contributed by atoms with Crippen molar-refractivity contribution in [2.75, 3.05) is 24.6 Å². The van der Waals surface area contributed by atoms with Crippen LogP contribution in [-0.4, -0.2) is 33.5 Å². The fourth-order valence-corrected chi connectivity index (χ4v) is 3.91. The minimum Gasteiger partial charge on any atom is -0.222 e. The summed E-state index contributed by atoms with van der Waals surface area (Å²) in [4.78, 5) is 0. The number of thioether (sulfide) groups is 2. The molecule has 0 aromatic carbocycles. The average molecular weight is 290 g/mol. The molecule has 0 aromatic rings. The highest BCUT2D eigenvalue weighted by Crippen LogP contribution is 2.24. The summed E-state index contributed by atoms with van der Waals surface area (Å²) in [5.74, 6) is 2.64. The molecule has 0 atom stereocenters. The third kappa shape index (κ3) is 9.71. The molecule has 0 unspecified atom stereocenters. The van der Waals surface area contributed by atoms with Crippen molar-refractivity contribution in [3.05, 3.63) is 0 Å². The van der Waals surface area contributed by atoms with Gasteiger partial charge in [0, 0.05) is 11.5 Å². The van der Waals surface area contributed by atoms with E-state index in [0.29, 0.717) is 0 Å². The molecule has 0 amide bonds. The van der Waals surface area contributed by atoms with Crippen LogP contribution >= 0.6 is 23.5 Å². The Morgan fingerprint density at radius 2 is 1.44 bits per heavy atom. The maximum atomic E-state index is 8.49. The number of rotatable bonds is 2. The zero-order valence-electron chi connectivity index (χ0n) is 9.31. The molecule has 1 heterocycles. The van der Waals surface area contributed by atoms with Crippen molar-refractivity contribution in [3.8, 4) is 0 Å². The van der Waals surface area contributed by atoms with E-state index in [2.05, 4.69) is 18.4 Å². The molecule has 8 heteroatoms. The first kappa shape index (κ1) is 16.5. The van der Waals surface area contributed by atoms with Crippen molar-refractivity contribution in [2.45, 2.75) is 20.3 Å². The molecule has 96 valence electrons. The van der Waals surface area contributed by atoms with Gasteiger partial charge in [0.2, 0.25) is 0 Å². The molecule has 1 fully saturated rings. The van der Waals surface area contributed by atoms with E-state index in [1.54, 1.807) is 4.38 Å². The van der Waals surface area contributed by atoms with E-state index < -0.39 is 10.2 Å². The molecule has 1 aliphatic rings. The van der Waals surface area contributed by atoms with E-state index in [1.807, 2.05) is 23.5 Å². The molecule has 0 radical (unpaired) electrons. The second kappa shape index (κ2) is 8.57. The third-order valence-corrected chi connectivity index (χ3v) is 4.46. The molecular formula is C8H16ClNO4S2. The van der Waals surface area contributed by atoms with Crippen LogP contribution in [0.1, 0.15) is 20.3 Å². The Bertz CT molecular complexity index is 213. The van der Waals surface area contributed by atoms with Gasteiger partial charge in [-0.15, -0.1) is 10.2 Å². The predicted molar refractivity (Wildman–Crippen MR) is 55.9 cm³/mol. The standard InChI is InChI=1S/C8H16NS2.ClHO4/c1-3-9(4-2)8-10-6-5-7-11-8;2-1(3,4)5/h3-7H2,1-2H3;(H,2,3,4,5)/q+1;/p-1. The summed E-state index contributed by atoms with van der Waals surface area (Å²) in [6.07, 6.45) is 1.38. The maximum Gasteiger partial charge on any atom is 0.269 e. The van der Waals surface area contributed by atoms with Crippen LogP contribution in [-0.2, 0) is 0 Å². The Morgan fingerprint density at radius 1 is 1.06 bits per heavy atom. The van der Waals surface area contributed by atoms with E-state index in [4.69, 9.17) is 18.6 Å². The van der Waals surface area contributed by atoms with Crippen molar-refractivity contribution < 1.29 is 33.5 Å². The van der Waals surface area contributed by atoms with Crippen molar-refractivity contribution in [1.82, 2.24) is 0 Å². The number of halogens is 1. The molecule has 1 rings (SSSR count). The Morgan fingerprint density at radius 3 is 1.75 bits per heavy atom. The van der Waals surface area contributed by atoms with Crippen LogP contribution in [0.4, 0.5) is 0 Å². The lowest BCUT2D eigenvalue weighted by atomic mass is 10.6. The van der Waals surface area contributed by atoms with Gasteiger partial charge in [-0.25, -0.2) is 23.2 Å². The van der Waals surface area contributed by atoms with E-state index in [-0.39, 0.29) is 0 Å². The molecule has 1 aliphatic heterocycles. The fraction of sp³-hybridized carbons (Fsp3) is 0.875. The smallest absolute Gasteiger partial charge is 0.222 e. The summed E-state index contributed by atoms with van der Waals surface area (Å²) in [6, 6.07) is 0.